The van der Waals surface area contributed by atoms with Crippen LogP contribution >= 0.6 is 12.4 Å². The molecule has 3 rings (SSSR count). The Morgan fingerprint density at radius 3 is 2.33 bits per heavy atom. The van der Waals surface area contributed by atoms with Gasteiger partial charge in [-0.15, -0.1) is 12.4 Å². The van der Waals surface area contributed by atoms with Crippen LogP contribution in [0.5, 0.6) is 0 Å². The van der Waals surface area contributed by atoms with Gasteiger partial charge in [0.05, 0.1) is 16.5 Å². The lowest BCUT2D eigenvalue weighted by Gasteiger charge is -2.34. The highest BCUT2D eigenvalue weighted by molar-refractivity contribution is 5.85. The van der Waals surface area contributed by atoms with Gasteiger partial charge < -0.3 is 10.3 Å². The summed E-state index contributed by atoms with van der Waals surface area (Å²) in [5, 5.41) is 3.94. The quantitative estimate of drug-likeness (QED) is 0.890. The first-order chi connectivity index (χ1) is 10.6. The molecule has 132 valence electrons. The molecule has 1 aliphatic rings. The van der Waals surface area contributed by atoms with Crippen molar-refractivity contribution < 1.29 is 17.7 Å². The van der Waals surface area contributed by atoms with Crippen LogP contribution in [0, 0.1) is 0 Å². The highest BCUT2D eigenvalue weighted by Crippen LogP contribution is 2.39. The highest BCUT2D eigenvalue weighted by Gasteiger charge is 2.41. The van der Waals surface area contributed by atoms with Crippen LogP contribution in [0.25, 0.3) is 0 Å². The Kier molecular flexibility index (Phi) is 4.71. The second-order valence-corrected chi connectivity index (χ2v) is 6.64. The molecule has 8 heteroatoms. The van der Waals surface area contributed by atoms with Crippen molar-refractivity contribution in [2.75, 3.05) is 0 Å². The smallest absolute Gasteiger partial charge is 0.338 e. The number of halogens is 4. The number of hydrogen-bond donors (Lipinski definition) is 1. The van der Waals surface area contributed by atoms with E-state index in [4.69, 9.17) is 10.3 Å². The molecule has 2 aromatic rings. The van der Waals surface area contributed by atoms with Gasteiger partial charge in [0.15, 0.2) is 5.82 Å². The minimum atomic E-state index is -4.39. The van der Waals surface area contributed by atoms with Crippen molar-refractivity contribution >= 4 is 12.4 Å². The summed E-state index contributed by atoms with van der Waals surface area (Å²) >= 11 is 0. The molecule has 0 spiro atoms. The summed E-state index contributed by atoms with van der Waals surface area (Å²) in [5.41, 5.74) is 4.53. The zero-order chi connectivity index (χ0) is 16.9. The number of benzene rings is 1. The van der Waals surface area contributed by atoms with Gasteiger partial charge in [-0.2, -0.15) is 18.2 Å². The van der Waals surface area contributed by atoms with E-state index in [1.807, 2.05) is 0 Å². The van der Waals surface area contributed by atoms with Crippen LogP contribution in [-0.4, -0.2) is 10.1 Å². The molecule has 0 bridgehead atoms. The number of aromatic nitrogens is 2. The molecule has 0 aliphatic heterocycles. The van der Waals surface area contributed by atoms with E-state index in [1.54, 1.807) is 19.9 Å². The lowest BCUT2D eigenvalue weighted by atomic mass is 9.77. The molecule has 1 heterocycles. The summed E-state index contributed by atoms with van der Waals surface area (Å²) in [6.07, 6.45) is -1.80. The van der Waals surface area contributed by atoms with E-state index in [2.05, 4.69) is 10.1 Å². The Bertz CT molecular complexity index is 723. The molecule has 1 aromatic heterocycles. The van der Waals surface area contributed by atoms with Gasteiger partial charge in [-0.3, -0.25) is 0 Å². The van der Waals surface area contributed by atoms with Gasteiger partial charge in [0.2, 0.25) is 5.89 Å². The molecular formula is C16H19ClF3N3O. The SMILES string of the molecule is CC(C)(c1cccc(C(F)(F)F)c1)c1nc(C2(N)CCC2)no1.Cl. The molecular weight excluding hydrogens is 343 g/mol. The predicted octanol–water partition coefficient (Wildman–Crippen LogP) is 4.17. The van der Waals surface area contributed by atoms with Gasteiger partial charge in [0, 0.05) is 0 Å². The number of rotatable bonds is 3. The molecule has 0 atom stereocenters. The number of alkyl halides is 3. The largest absolute Gasteiger partial charge is 0.416 e. The average Bonchev–Trinajstić information content (AvgIpc) is 2.95. The van der Waals surface area contributed by atoms with Gasteiger partial charge in [0.25, 0.3) is 0 Å². The van der Waals surface area contributed by atoms with Crippen molar-refractivity contribution in [3.05, 3.63) is 47.1 Å². The maximum absolute atomic E-state index is 12.9. The summed E-state index contributed by atoms with van der Waals surface area (Å²) in [4.78, 5) is 4.36. The van der Waals surface area contributed by atoms with Crippen molar-refractivity contribution in [1.82, 2.24) is 10.1 Å². The van der Waals surface area contributed by atoms with E-state index in [-0.39, 0.29) is 18.3 Å². The molecule has 1 aliphatic carbocycles. The third-order valence-electron chi connectivity index (χ3n) is 4.56. The van der Waals surface area contributed by atoms with Crippen LogP contribution in [0.3, 0.4) is 0 Å². The molecule has 2 N–H and O–H groups in total. The molecule has 4 nitrogen and oxygen atoms in total. The molecule has 1 saturated carbocycles. The topological polar surface area (TPSA) is 64.9 Å². The molecule has 1 aromatic carbocycles. The maximum atomic E-state index is 12.9. The molecule has 0 radical (unpaired) electrons. The van der Waals surface area contributed by atoms with Gasteiger partial charge in [-0.1, -0.05) is 23.4 Å². The summed E-state index contributed by atoms with van der Waals surface area (Å²) in [7, 11) is 0. The minimum absolute atomic E-state index is 0. The van der Waals surface area contributed by atoms with Crippen LogP contribution in [0.1, 0.15) is 56.0 Å². The van der Waals surface area contributed by atoms with Gasteiger partial charge in [-0.25, -0.2) is 0 Å². The lowest BCUT2D eigenvalue weighted by molar-refractivity contribution is -0.137. The predicted molar refractivity (Wildman–Crippen MR) is 84.8 cm³/mol. The van der Waals surface area contributed by atoms with E-state index >= 15 is 0 Å². The van der Waals surface area contributed by atoms with Crippen molar-refractivity contribution in [2.45, 2.75) is 50.2 Å². The summed E-state index contributed by atoms with van der Waals surface area (Å²) in [5.74, 6) is 0.697. The fourth-order valence-corrected chi connectivity index (χ4v) is 2.67. The van der Waals surface area contributed by atoms with Crippen molar-refractivity contribution in [3.8, 4) is 0 Å². The second kappa shape index (κ2) is 6.04. The zero-order valence-electron chi connectivity index (χ0n) is 13.4. The first-order valence-corrected chi connectivity index (χ1v) is 7.44. The maximum Gasteiger partial charge on any atom is 0.416 e. The Morgan fingerprint density at radius 2 is 1.79 bits per heavy atom. The Hall–Kier alpha value is -1.60. The number of nitrogens with two attached hydrogens (primary N) is 1. The van der Waals surface area contributed by atoms with Crippen LogP contribution in [-0.2, 0) is 17.1 Å². The fourth-order valence-electron chi connectivity index (χ4n) is 2.67. The summed E-state index contributed by atoms with van der Waals surface area (Å²) in [6, 6.07) is 5.17. The van der Waals surface area contributed by atoms with E-state index in [9.17, 15) is 13.2 Å². The van der Waals surface area contributed by atoms with E-state index in [1.165, 1.54) is 6.07 Å². The monoisotopic (exact) mass is 361 g/mol. The third kappa shape index (κ3) is 3.15. The zero-order valence-corrected chi connectivity index (χ0v) is 14.2. The Balaban J connectivity index is 0.00000208. The van der Waals surface area contributed by atoms with Crippen LogP contribution < -0.4 is 5.73 Å². The van der Waals surface area contributed by atoms with Crippen molar-refractivity contribution in [2.24, 2.45) is 5.73 Å². The fraction of sp³-hybridized carbons (Fsp3) is 0.500. The second-order valence-electron chi connectivity index (χ2n) is 6.64. The lowest BCUT2D eigenvalue weighted by Crippen LogP contribution is -2.44. The summed E-state index contributed by atoms with van der Waals surface area (Å²) < 4.78 is 44.0. The van der Waals surface area contributed by atoms with Crippen LogP contribution in [0.2, 0.25) is 0 Å². The number of nitrogens with zero attached hydrogens (tertiary/aromatic N) is 2. The highest BCUT2D eigenvalue weighted by atomic mass is 35.5. The molecule has 24 heavy (non-hydrogen) atoms. The van der Waals surface area contributed by atoms with Gasteiger partial charge >= 0.3 is 6.18 Å². The van der Waals surface area contributed by atoms with E-state index in [0.717, 1.165) is 31.4 Å². The number of hydrogen-bond acceptors (Lipinski definition) is 4. The molecule has 0 amide bonds. The van der Waals surface area contributed by atoms with Crippen LogP contribution in [0.15, 0.2) is 28.8 Å². The first-order valence-electron chi connectivity index (χ1n) is 7.44. The first kappa shape index (κ1) is 18.7. The Morgan fingerprint density at radius 1 is 1.17 bits per heavy atom. The minimum Gasteiger partial charge on any atom is -0.338 e. The van der Waals surface area contributed by atoms with E-state index in [0.29, 0.717) is 11.4 Å². The normalized spacial score (nSPS) is 17.1. The Labute approximate surface area is 144 Å². The van der Waals surface area contributed by atoms with E-state index < -0.39 is 22.7 Å². The van der Waals surface area contributed by atoms with Crippen LogP contribution in [0.4, 0.5) is 13.2 Å². The van der Waals surface area contributed by atoms with Gasteiger partial charge in [-0.05, 0) is 44.7 Å². The third-order valence-corrected chi connectivity index (χ3v) is 4.56. The van der Waals surface area contributed by atoms with Gasteiger partial charge in [0.1, 0.15) is 0 Å². The van der Waals surface area contributed by atoms with Crippen molar-refractivity contribution in [3.63, 3.8) is 0 Å². The summed E-state index contributed by atoms with van der Waals surface area (Å²) in [6.45, 7) is 3.51. The standard InChI is InChI=1S/C16H18F3N3O.ClH/c1-14(2,10-5-3-6-11(9-10)16(17,18)19)13-21-12(22-23-13)15(20)7-4-8-15;/h3,5-6,9H,4,7-8,20H2,1-2H3;1H. The van der Waals surface area contributed by atoms with Crippen molar-refractivity contribution in [1.29, 1.82) is 0 Å². The molecule has 0 unspecified atom stereocenters. The average molecular weight is 362 g/mol. The molecule has 0 saturated heterocycles. The molecule has 1 fully saturated rings.